The van der Waals surface area contributed by atoms with Crippen molar-refractivity contribution in [3.05, 3.63) is 0 Å². The standard InChI is InChI=1S/C13H24O2/c1-9(6-7-13-10(2)15-13)11-4-3-5-12(14)8-11/h9-14H,3-8H2,1-2H3. The number of ether oxygens (including phenoxy) is 1. The Morgan fingerprint density at radius 3 is 2.73 bits per heavy atom. The first-order valence-electron chi connectivity index (χ1n) is 6.50. The van der Waals surface area contributed by atoms with Gasteiger partial charge in [0.15, 0.2) is 0 Å². The molecule has 0 aromatic heterocycles. The molecule has 2 nitrogen and oxygen atoms in total. The van der Waals surface area contributed by atoms with Crippen LogP contribution in [0.3, 0.4) is 0 Å². The quantitative estimate of drug-likeness (QED) is 0.727. The van der Waals surface area contributed by atoms with Crippen LogP contribution in [0.4, 0.5) is 0 Å². The van der Waals surface area contributed by atoms with E-state index < -0.39 is 0 Å². The number of aliphatic hydroxyl groups is 1. The van der Waals surface area contributed by atoms with Gasteiger partial charge in [-0.3, -0.25) is 0 Å². The van der Waals surface area contributed by atoms with Gasteiger partial charge in [0.05, 0.1) is 18.3 Å². The molecule has 2 heteroatoms. The summed E-state index contributed by atoms with van der Waals surface area (Å²) in [5.41, 5.74) is 0. The molecule has 1 aliphatic carbocycles. The Labute approximate surface area is 93.0 Å². The summed E-state index contributed by atoms with van der Waals surface area (Å²) in [5, 5.41) is 9.64. The Bertz CT molecular complexity index is 205. The molecule has 0 amide bonds. The molecule has 5 unspecified atom stereocenters. The number of rotatable bonds is 4. The van der Waals surface area contributed by atoms with E-state index in [0.29, 0.717) is 12.2 Å². The first-order valence-corrected chi connectivity index (χ1v) is 6.50. The molecule has 0 aromatic rings. The molecular weight excluding hydrogens is 188 g/mol. The van der Waals surface area contributed by atoms with E-state index in [0.717, 1.165) is 24.7 Å². The second kappa shape index (κ2) is 4.84. The van der Waals surface area contributed by atoms with E-state index in [1.165, 1.54) is 25.7 Å². The lowest BCUT2D eigenvalue weighted by molar-refractivity contribution is 0.0801. The summed E-state index contributed by atoms with van der Waals surface area (Å²) >= 11 is 0. The van der Waals surface area contributed by atoms with Gasteiger partial charge in [0, 0.05) is 0 Å². The molecule has 1 saturated heterocycles. The predicted molar refractivity (Wildman–Crippen MR) is 60.7 cm³/mol. The highest BCUT2D eigenvalue weighted by molar-refractivity contribution is 4.82. The lowest BCUT2D eigenvalue weighted by Crippen LogP contribution is -2.24. The van der Waals surface area contributed by atoms with Crippen molar-refractivity contribution in [2.75, 3.05) is 0 Å². The molecule has 88 valence electrons. The fourth-order valence-corrected chi connectivity index (χ4v) is 2.91. The molecule has 1 aliphatic heterocycles. The maximum absolute atomic E-state index is 9.64. The van der Waals surface area contributed by atoms with Gasteiger partial charge in [-0.15, -0.1) is 0 Å². The Kier molecular flexibility index (Phi) is 3.68. The maximum atomic E-state index is 9.64. The summed E-state index contributed by atoms with van der Waals surface area (Å²) in [6.45, 7) is 4.50. The third kappa shape index (κ3) is 3.18. The van der Waals surface area contributed by atoms with Gasteiger partial charge in [0.25, 0.3) is 0 Å². The smallest absolute Gasteiger partial charge is 0.0839 e. The van der Waals surface area contributed by atoms with E-state index in [1.807, 2.05) is 0 Å². The Morgan fingerprint density at radius 1 is 1.40 bits per heavy atom. The molecular formula is C13H24O2. The molecule has 1 N–H and O–H groups in total. The Morgan fingerprint density at radius 2 is 2.13 bits per heavy atom. The van der Waals surface area contributed by atoms with E-state index >= 15 is 0 Å². The minimum absolute atomic E-state index is 0.0256. The average Bonchev–Trinajstić information content (AvgIpc) is 2.91. The second-order valence-corrected chi connectivity index (χ2v) is 5.51. The third-order valence-corrected chi connectivity index (χ3v) is 4.23. The fraction of sp³-hybridized carbons (Fsp3) is 1.00. The minimum atomic E-state index is -0.0256. The minimum Gasteiger partial charge on any atom is -0.393 e. The van der Waals surface area contributed by atoms with Gasteiger partial charge in [-0.2, -0.15) is 0 Å². The van der Waals surface area contributed by atoms with Crippen molar-refractivity contribution in [3.8, 4) is 0 Å². The summed E-state index contributed by atoms with van der Waals surface area (Å²) in [7, 11) is 0. The molecule has 0 spiro atoms. The van der Waals surface area contributed by atoms with E-state index in [-0.39, 0.29) is 6.10 Å². The molecule has 0 bridgehead atoms. The highest BCUT2D eigenvalue weighted by Gasteiger charge is 2.34. The summed E-state index contributed by atoms with van der Waals surface area (Å²) < 4.78 is 5.43. The molecule has 15 heavy (non-hydrogen) atoms. The molecule has 1 heterocycles. The van der Waals surface area contributed by atoms with Crippen molar-refractivity contribution >= 4 is 0 Å². The molecule has 1 saturated carbocycles. The highest BCUT2D eigenvalue weighted by atomic mass is 16.6. The van der Waals surface area contributed by atoms with Crippen molar-refractivity contribution in [3.63, 3.8) is 0 Å². The molecule has 0 aromatic carbocycles. The Balaban J connectivity index is 1.67. The van der Waals surface area contributed by atoms with Crippen LogP contribution in [-0.2, 0) is 4.74 Å². The van der Waals surface area contributed by atoms with Gasteiger partial charge in [-0.1, -0.05) is 19.8 Å². The van der Waals surface area contributed by atoms with Crippen LogP contribution in [-0.4, -0.2) is 23.4 Å². The number of epoxide rings is 1. The topological polar surface area (TPSA) is 32.8 Å². The second-order valence-electron chi connectivity index (χ2n) is 5.51. The van der Waals surface area contributed by atoms with Crippen LogP contribution in [0.25, 0.3) is 0 Å². The van der Waals surface area contributed by atoms with Gasteiger partial charge in [0.2, 0.25) is 0 Å². The van der Waals surface area contributed by atoms with Crippen molar-refractivity contribution in [2.24, 2.45) is 11.8 Å². The predicted octanol–water partition coefficient (Wildman–Crippen LogP) is 2.74. The monoisotopic (exact) mass is 212 g/mol. The van der Waals surface area contributed by atoms with Crippen molar-refractivity contribution < 1.29 is 9.84 Å². The average molecular weight is 212 g/mol. The maximum Gasteiger partial charge on any atom is 0.0839 e. The lowest BCUT2D eigenvalue weighted by atomic mass is 9.77. The summed E-state index contributed by atoms with van der Waals surface area (Å²) in [6.07, 6.45) is 8.10. The summed E-state index contributed by atoms with van der Waals surface area (Å²) in [5.74, 6) is 1.51. The zero-order chi connectivity index (χ0) is 10.8. The van der Waals surface area contributed by atoms with Crippen molar-refractivity contribution in [1.29, 1.82) is 0 Å². The molecule has 2 rings (SSSR count). The van der Waals surface area contributed by atoms with Crippen LogP contribution < -0.4 is 0 Å². The van der Waals surface area contributed by atoms with E-state index in [9.17, 15) is 5.11 Å². The SMILES string of the molecule is CC(CCC1OC1C)C1CCCC(O)C1. The van der Waals surface area contributed by atoms with Crippen LogP contribution in [0.5, 0.6) is 0 Å². The highest BCUT2D eigenvalue weighted by Crippen LogP contribution is 2.35. The van der Waals surface area contributed by atoms with Crippen LogP contribution in [0.15, 0.2) is 0 Å². The fourth-order valence-electron chi connectivity index (χ4n) is 2.91. The summed E-state index contributed by atoms with van der Waals surface area (Å²) in [6, 6.07) is 0. The molecule has 2 fully saturated rings. The molecule has 0 radical (unpaired) electrons. The number of hydrogen-bond acceptors (Lipinski definition) is 2. The summed E-state index contributed by atoms with van der Waals surface area (Å²) in [4.78, 5) is 0. The first kappa shape index (κ1) is 11.4. The van der Waals surface area contributed by atoms with E-state index in [1.54, 1.807) is 0 Å². The van der Waals surface area contributed by atoms with Gasteiger partial charge in [-0.25, -0.2) is 0 Å². The normalized spacial score (nSPS) is 42.6. The lowest BCUT2D eigenvalue weighted by Gasteiger charge is -2.30. The van der Waals surface area contributed by atoms with E-state index in [4.69, 9.17) is 4.74 Å². The zero-order valence-corrected chi connectivity index (χ0v) is 9.98. The number of hydrogen-bond donors (Lipinski definition) is 1. The van der Waals surface area contributed by atoms with Crippen LogP contribution in [0.1, 0.15) is 52.4 Å². The van der Waals surface area contributed by atoms with Gasteiger partial charge >= 0.3 is 0 Å². The van der Waals surface area contributed by atoms with Crippen LogP contribution in [0, 0.1) is 11.8 Å². The van der Waals surface area contributed by atoms with Gasteiger partial charge < -0.3 is 9.84 Å². The van der Waals surface area contributed by atoms with Crippen LogP contribution >= 0.6 is 0 Å². The Hall–Kier alpha value is -0.0800. The van der Waals surface area contributed by atoms with Gasteiger partial charge in [-0.05, 0) is 44.4 Å². The third-order valence-electron chi connectivity index (χ3n) is 4.23. The number of aliphatic hydroxyl groups excluding tert-OH is 1. The first-order chi connectivity index (χ1) is 7.16. The van der Waals surface area contributed by atoms with Gasteiger partial charge in [0.1, 0.15) is 0 Å². The molecule has 5 atom stereocenters. The van der Waals surface area contributed by atoms with Crippen molar-refractivity contribution in [1.82, 2.24) is 0 Å². The van der Waals surface area contributed by atoms with Crippen LogP contribution in [0.2, 0.25) is 0 Å². The van der Waals surface area contributed by atoms with Crippen molar-refractivity contribution in [2.45, 2.75) is 70.7 Å². The van der Waals surface area contributed by atoms with E-state index in [2.05, 4.69) is 13.8 Å². The largest absolute Gasteiger partial charge is 0.393 e. The zero-order valence-electron chi connectivity index (χ0n) is 9.98. The molecule has 2 aliphatic rings.